The quantitative estimate of drug-likeness (QED) is 0.944. The minimum Gasteiger partial charge on any atom is -0.477 e. The number of aromatic nitrogens is 1. The van der Waals surface area contributed by atoms with Gasteiger partial charge in [0.2, 0.25) is 0 Å². The Bertz CT molecular complexity index is 788. The van der Waals surface area contributed by atoms with Crippen molar-refractivity contribution in [3.05, 3.63) is 69.9 Å². The van der Waals surface area contributed by atoms with Crippen LogP contribution in [0.1, 0.15) is 28.5 Å². The number of carbonyl (C=O) groups is 1. The Morgan fingerprint density at radius 2 is 1.81 bits per heavy atom. The summed E-state index contributed by atoms with van der Waals surface area (Å²) in [6.45, 7) is 7.22. The smallest absolute Gasteiger partial charge is 0.341 e. The average Bonchev–Trinajstić information content (AvgIpc) is 2.40. The number of carboxylic acids is 1. The molecule has 0 spiro atoms. The molecule has 0 amide bonds. The third-order valence-electron chi connectivity index (χ3n) is 3.22. The van der Waals surface area contributed by atoms with Gasteiger partial charge in [0.05, 0.1) is 0 Å². The summed E-state index contributed by atoms with van der Waals surface area (Å²) in [4.78, 5) is 23.6. The van der Waals surface area contributed by atoms with E-state index in [1.165, 1.54) is 34.9 Å². The van der Waals surface area contributed by atoms with Crippen LogP contribution in [0.15, 0.2) is 41.7 Å². The molecule has 1 N–H and O–H groups in total. The van der Waals surface area contributed by atoms with Crippen LogP contribution in [0.5, 0.6) is 0 Å². The number of aromatic carboxylic acids is 1. The zero-order valence-electron chi connectivity index (χ0n) is 11.7. The van der Waals surface area contributed by atoms with Crippen LogP contribution in [0.4, 0.5) is 4.39 Å². The fourth-order valence-electron chi connectivity index (χ4n) is 2.19. The Morgan fingerprint density at radius 1 is 1.24 bits per heavy atom. The highest BCUT2D eigenvalue weighted by molar-refractivity contribution is 5.88. The molecule has 4 nitrogen and oxygen atoms in total. The van der Waals surface area contributed by atoms with E-state index in [9.17, 15) is 19.1 Å². The SMILES string of the molecule is C=C(C)c1cc(C(=O)O)c(=O)n(-c2ccc(F)cc2)c1C. The van der Waals surface area contributed by atoms with E-state index in [0.717, 1.165) is 0 Å². The lowest BCUT2D eigenvalue weighted by Gasteiger charge is -2.15. The number of rotatable bonds is 3. The molecule has 0 fully saturated rings. The van der Waals surface area contributed by atoms with Gasteiger partial charge in [-0.1, -0.05) is 6.58 Å². The summed E-state index contributed by atoms with van der Waals surface area (Å²) in [6.07, 6.45) is 0. The number of hydrogen-bond acceptors (Lipinski definition) is 2. The second-order valence-electron chi connectivity index (χ2n) is 4.76. The van der Waals surface area contributed by atoms with Crippen LogP contribution in [-0.4, -0.2) is 15.6 Å². The number of allylic oxidation sites excluding steroid dienone is 1. The molecule has 0 bridgehead atoms. The molecule has 2 rings (SSSR count). The van der Waals surface area contributed by atoms with Crippen molar-refractivity contribution in [2.45, 2.75) is 13.8 Å². The van der Waals surface area contributed by atoms with E-state index in [2.05, 4.69) is 6.58 Å². The predicted octanol–water partition coefficient (Wildman–Crippen LogP) is 3.02. The topological polar surface area (TPSA) is 59.3 Å². The summed E-state index contributed by atoms with van der Waals surface area (Å²) in [6, 6.07) is 6.61. The number of pyridine rings is 1. The number of hydrogen-bond donors (Lipinski definition) is 1. The standard InChI is InChI=1S/C16H14FNO3/c1-9(2)13-8-14(16(20)21)15(19)18(10(13)3)12-6-4-11(17)5-7-12/h4-8H,1H2,2-3H3,(H,20,21). The largest absolute Gasteiger partial charge is 0.477 e. The third-order valence-corrected chi connectivity index (χ3v) is 3.22. The fraction of sp³-hybridized carbons (Fsp3) is 0.125. The zero-order chi connectivity index (χ0) is 15.7. The molecule has 1 heterocycles. The van der Waals surface area contributed by atoms with Gasteiger partial charge in [0.1, 0.15) is 11.4 Å². The van der Waals surface area contributed by atoms with Crippen molar-refractivity contribution in [1.29, 1.82) is 0 Å². The minimum atomic E-state index is -1.31. The van der Waals surface area contributed by atoms with Gasteiger partial charge in [-0.2, -0.15) is 0 Å². The van der Waals surface area contributed by atoms with Crippen LogP contribution in [0.3, 0.4) is 0 Å². The summed E-state index contributed by atoms with van der Waals surface area (Å²) in [5.74, 6) is -1.74. The number of nitrogens with zero attached hydrogens (tertiary/aromatic N) is 1. The van der Waals surface area contributed by atoms with E-state index >= 15 is 0 Å². The summed E-state index contributed by atoms with van der Waals surface area (Å²) in [5.41, 5.74) is 1.19. The minimum absolute atomic E-state index is 0.345. The van der Waals surface area contributed by atoms with Crippen molar-refractivity contribution in [2.24, 2.45) is 0 Å². The van der Waals surface area contributed by atoms with E-state index < -0.39 is 17.3 Å². The maximum atomic E-state index is 13.0. The van der Waals surface area contributed by atoms with Crippen LogP contribution < -0.4 is 5.56 Å². The van der Waals surface area contributed by atoms with Gasteiger partial charge in [-0.15, -0.1) is 0 Å². The molecule has 2 aromatic rings. The monoisotopic (exact) mass is 287 g/mol. The Kier molecular flexibility index (Phi) is 3.76. The molecule has 1 aromatic heterocycles. The summed E-state index contributed by atoms with van der Waals surface area (Å²) in [7, 11) is 0. The molecule has 5 heteroatoms. The first kappa shape index (κ1) is 14.7. The highest BCUT2D eigenvalue weighted by Crippen LogP contribution is 2.20. The number of halogens is 1. The second kappa shape index (κ2) is 5.36. The van der Waals surface area contributed by atoms with Crippen molar-refractivity contribution >= 4 is 11.5 Å². The third kappa shape index (κ3) is 2.63. The van der Waals surface area contributed by atoms with E-state index in [1.54, 1.807) is 13.8 Å². The van der Waals surface area contributed by atoms with Crippen molar-refractivity contribution in [3.8, 4) is 5.69 Å². The van der Waals surface area contributed by atoms with E-state index in [4.69, 9.17) is 0 Å². The molecular weight excluding hydrogens is 273 g/mol. The van der Waals surface area contributed by atoms with Gasteiger partial charge in [0, 0.05) is 11.4 Å². The number of carboxylic acid groups (broad SMARTS) is 1. The van der Waals surface area contributed by atoms with Crippen LogP contribution in [0.2, 0.25) is 0 Å². The maximum absolute atomic E-state index is 13.0. The molecule has 0 saturated heterocycles. The zero-order valence-corrected chi connectivity index (χ0v) is 11.7. The summed E-state index contributed by atoms with van der Waals surface area (Å²) in [5, 5.41) is 9.18. The van der Waals surface area contributed by atoms with Crippen LogP contribution >= 0.6 is 0 Å². The van der Waals surface area contributed by atoms with E-state index in [1.807, 2.05) is 0 Å². The van der Waals surface area contributed by atoms with Gasteiger partial charge in [0.25, 0.3) is 5.56 Å². The highest BCUT2D eigenvalue weighted by Gasteiger charge is 2.18. The van der Waals surface area contributed by atoms with Gasteiger partial charge in [-0.3, -0.25) is 9.36 Å². The van der Waals surface area contributed by atoms with E-state index in [-0.39, 0.29) is 5.56 Å². The van der Waals surface area contributed by atoms with Crippen LogP contribution in [-0.2, 0) is 0 Å². The molecule has 0 unspecified atom stereocenters. The van der Waals surface area contributed by atoms with Gasteiger partial charge in [0.15, 0.2) is 0 Å². The lowest BCUT2D eigenvalue weighted by Crippen LogP contribution is -2.28. The first-order valence-corrected chi connectivity index (χ1v) is 6.24. The van der Waals surface area contributed by atoms with Crippen molar-refractivity contribution < 1.29 is 14.3 Å². The van der Waals surface area contributed by atoms with Gasteiger partial charge in [-0.25, -0.2) is 9.18 Å². The highest BCUT2D eigenvalue weighted by atomic mass is 19.1. The van der Waals surface area contributed by atoms with Gasteiger partial charge in [-0.05, 0) is 55.3 Å². The first-order valence-electron chi connectivity index (χ1n) is 6.24. The van der Waals surface area contributed by atoms with Gasteiger partial charge >= 0.3 is 5.97 Å². The molecule has 1 aromatic carbocycles. The summed E-state index contributed by atoms with van der Waals surface area (Å²) >= 11 is 0. The van der Waals surface area contributed by atoms with Crippen molar-refractivity contribution in [1.82, 2.24) is 4.57 Å². The average molecular weight is 287 g/mol. The first-order chi connectivity index (χ1) is 9.82. The van der Waals surface area contributed by atoms with Gasteiger partial charge < -0.3 is 5.11 Å². The molecule has 0 radical (unpaired) electrons. The molecule has 108 valence electrons. The van der Waals surface area contributed by atoms with Crippen molar-refractivity contribution in [2.75, 3.05) is 0 Å². The Labute approximate surface area is 120 Å². The summed E-state index contributed by atoms with van der Waals surface area (Å²) < 4.78 is 14.3. The normalized spacial score (nSPS) is 10.4. The molecule has 0 saturated carbocycles. The predicted molar refractivity (Wildman–Crippen MR) is 78.4 cm³/mol. The van der Waals surface area contributed by atoms with E-state index in [0.29, 0.717) is 22.5 Å². The molecular formula is C16H14FNO3. The second-order valence-corrected chi connectivity index (χ2v) is 4.76. The molecule has 21 heavy (non-hydrogen) atoms. The number of benzene rings is 1. The molecule has 0 aliphatic heterocycles. The fourth-order valence-corrected chi connectivity index (χ4v) is 2.19. The van der Waals surface area contributed by atoms with Crippen molar-refractivity contribution in [3.63, 3.8) is 0 Å². The van der Waals surface area contributed by atoms with Crippen LogP contribution in [0.25, 0.3) is 11.3 Å². The maximum Gasteiger partial charge on any atom is 0.341 e. The Morgan fingerprint density at radius 3 is 2.29 bits per heavy atom. The molecule has 0 aliphatic carbocycles. The van der Waals surface area contributed by atoms with Crippen LogP contribution in [0, 0.1) is 12.7 Å². The Balaban J connectivity index is 2.86. The lowest BCUT2D eigenvalue weighted by molar-refractivity contribution is 0.0694. The lowest BCUT2D eigenvalue weighted by atomic mass is 10.0. The Hall–Kier alpha value is -2.69. The molecule has 0 atom stereocenters. The molecule has 0 aliphatic rings.